The summed E-state index contributed by atoms with van der Waals surface area (Å²) in [6.45, 7) is 8.64. The monoisotopic (exact) mass is 279 g/mol. The van der Waals surface area contributed by atoms with Gasteiger partial charge in [-0.25, -0.2) is 0 Å². The molecule has 106 valence electrons. The van der Waals surface area contributed by atoms with Crippen molar-refractivity contribution in [3.05, 3.63) is 67.3 Å². The molecule has 0 amide bonds. The Morgan fingerprint density at radius 2 is 2.10 bits per heavy atom. The van der Waals surface area contributed by atoms with Crippen molar-refractivity contribution in [2.45, 2.75) is 0 Å². The normalized spacial score (nSPS) is 13.2. The fraction of sp³-hybridized carbons (Fsp3) is 0.125. The van der Waals surface area contributed by atoms with E-state index in [-0.39, 0.29) is 0 Å². The highest BCUT2D eigenvalue weighted by Gasteiger charge is 2.15. The molecule has 1 aromatic carbocycles. The van der Waals surface area contributed by atoms with Crippen LogP contribution >= 0.6 is 0 Å². The number of ether oxygens (including phenoxy) is 2. The molecule has 0 unspecified atom stereocenters. The first kappa shape index (κ1) is 15.1. The summed E-state index contributed by atoms with van der Waals surface area (Å²) in [5.74, 6) is 1.62. The SMILES string of the molecule is BBN(C/C(C=C)=C/C=C\C=C)c1ccc2c(c1)OCO2. The van der Waals surface area contributed by atoms with Crippen molar-refractivity contribution in [1.82, 2.24) is 0 Å². The summed E-state index contributed by atoms with van der Waals surface area (Å²) < 4.78 is 10.8. The predicted octanol–water partition coefficient (Wildman–Crippen LogP) is 1.98. The van der Waals surface area contributed by atoms with Gasteiger partial charge in [0.25, 0.3) is 0 Å². The quantitative estimate of drug-likeness (QED) is 0.562. The Balaban J connectivity index is 2.15. The molecule has 1 aliphatic heterocycles. The minimum atomic E-state index is 0.301. The van der Waals surface area contributed by atoms with Gasteiger partial charge < -0.3 is 14.3 Å². The molecule has 0 spiro atoms. The largest absolute Gasteiger partial charge is 0.454 e. The number of rotatable bonds is 7. The maximum absolute atomic E-state index is 5.44. The maximum atomic E-state index is 5.44. The van der Waals surface area contributed by atoms with E-state index in [0.29, 0.717) is 6.79 Å². The summed E-state index contributed by atoms with van der Waals surface area (Å²) in [5, 5.41) is 0. The molecule has 1 aliphatic rings. The van der Waals surface area contributed by atoms with Crippen molar-refractivity contribution in [2.24, 2.45) is 0 Å². The molecular formula is C16H19B2NO2. The third-order valence-electron chi connectivity index (χ3n) is 3.30. The molecule has 21 heavy (non-hydrogen) atoms. The van der Waals surface area contributed by atoms with Crippen LogP contribution in [0.4, 0.5) is 5.69 Å². The van der Waals surface area contributed by atoms with Gasteiger partial charge in [0.05, 0.1) is 7.74 Å². The van der Waals surface area contributed by atoms with Gasteiger partial charge in [0.2, 0.25) is 6.79 Å². The fourth-order valence-corrected chi connectivity index (χ4v) is 2.13. The highest BCUT2D eigenvalue weighted by atomic mass is 16.7. The number of allylic oxidation sites excluding steroid dienone is 4. The second kappa shape index (κ2) is 7.48. The molecule has 3 nitrogen and oxygen atoms in total. The van der Waals surface area contributed by atoms with E-state index in [9.17, 15) is 0 Å². The predicted molar refractivity (Wildman–Crippen MR) is 93.2 cm³/mol. The van der Waals surface area contributed by atoms with E-state index in [1.807, 2.05) is 36.4 Å². The van der Waals surface area contributed by atoms with Crippen LogP contribution in [0.1, 0.15) is 0 Å². The molecule has 0 bridgehead atoms. The lowest BCUT2D eigenvalue weighted by molar-refractivity contribution is 0.174. The van der Waals surface area contributed by atoms with Gasteiger partial charge in [-0.15, -0.1) is 0 Å². The van der Waals surface area contributed by atoms with E-state index in [0.717, 1.165) is 36.6 Å². The van der Waals surface area contributed by atoms with Gasteiger partial charge in [-0.05, 0) is 17.7 Å². The number of benzene rings is 1. The molecule has 5 heteroatoms. The molecule has 1 heterocycles. The van der Waals surface area contributed by atoms with Crippen molar-refractivity contribution in [3.8, 4) is 11.5 Å². The van der Waals surface area contributed by atoms with E-state index in [4.69, 9.17) is 9.47 Å². The Morgan fingerprint density at radius 3 is 2.81 bits per heavy atom. The van der Waals surface area contributed by atoms with E-state index in [1.165, 1.54) is 0 Å². The van der Waals surface area contributed by atoms with Gasteiger partial charge in [-0.3, -0.25) is 0 Å². The van der Waals surface area contributed by atoms with Crippen molar-refractivity contribution >= 4 is 20.7 Å². The Kier molecular flexibility index (Phi) is 5.38. The molecule has 0 radical (unpaired) electrons. The van der Waals surface area contributed by atoms with Gasteiger partial charge in [-0.2, -0.15) is 0 Å². The van der Waals surface area contributed by atoms with Crippen molar-refractivity contribution in [1.29, 1.82) is 0 Å². The average molecular weight is 279 g/mol. The lowest BCUT2D eigenvalue weighted by atomic mass is 9.64. The van der Waals surface area contributed by atoms with Crippen LogP contribution in [0.3, 0.4) is 0 Å². The minimum absolute atomic E-state index is 0.301. The molecule has 0 saturated carbocycles. The number of fused-ring (bicyclic) bond motifs is 1. The van der Waals surface area contributed by atoms with E-state index in [1.54, 1.807) is 6.08 Å². The van der Waals surface area contributed by atoms with Crippen LogP contribution in [-0.2, 0) is 0 Å². The second-order valence-electron chi connectivity index (χ2n) is 4.62. The van der Waals surface area contributed by atoms with Crippen LogP contribution in [0.15, 0.2) is 67.3 Å². The highest BCUT2D eigenvalue weighted by molar-refractivity contribution is 6.91. The topological polar surface area (TPSA) is 21.7 Å². The first-order valence-corrected chi connectivity index (χ1v) is 7.03. The summed E-state index contributed by atoms with van der Waals surface area (Å²) in [5.41, 5.74) is 2.26. The third-order valence-corrected chi connectivity index (χ3v) is 3.30. The van der Waals surface area contributed by atoms with Crippen LogP contribution in [0.2, 0.25) is 0 Å². The van der Waals surface area contributed by atoms with Gasteiger partial charge in [0, 0.05) is 18.3 Å². The Labute approximate surface area is 127 Å². The maximum Gasteiger partial charge on any atom is 0.231 e. The van der Waals surface area contributed by atoms with Crippen LogP contribution in [-0.4, -0.2) is 28.4 Å². The Morgan fingerprint density at radius 1 is 1.29 bits per heavy atom. The second-order valence-corrected chi connectivity index (χ2v) is 4.62. The molecule has 0 saturated heterocycles. The molecule has 2 rings (SSSR count). The first-order valence-electron chi connectivity index (χ1n) is 7.03. The zero-order valence-electron chi connectivity index (χ0n) is 12.4. The van der Waals surface area contributed by atoms with E-state index >= 15 is 0 Å². The summed E-state index contributed by atoms with van der Waals surface area (Å²) in [4.78, 5) is 2.26. The molecule has 1 aromatic rings. The highest BCUT2D eigenvalue weighted by Crippen LogP contribution is 2.35. The summed E-state index contributed by atoms with van der Waals surface area (Å²) in [7, 11) is 3.03. The Bertz CT molecular complexity index is 582. The Hall–Kier alpha value is -2.29. The fourth-order valence-electron chi connectivity index (χ4n) is 2.13. The lowest BCUT2D eigenvalue weighted by Gasteiger charge is -2.24. The zero-order valence-corrected chi connectivity index (χ0v) is 12.4. The van der Waals surface area contributed by atoms with Crippen molar-refractivity contribution in [3.63, 3.8) is 0 Å². The summed E-state index contributed by atoms with van der Waals surface area (Å²) in [6, 6.07) is 6.03. The minimum Gasteiger partial charge on any atom is -0.454 e. The van der Waals surface area contributed by atoms with E-state index in [2.05, 4.69) is 31.8 Å². The number of hydrogen-bond acceptors (Lipinski definition) is 3. The number of hydrogen-bond donors (Lipinski definition) is 0. The number of anilines is 1. The summed E-state index contributed by atoms with van der Waals surface area (Å²) >= 11 is 0. The van der Waals surface area contributed by atoms with Crippen LogP contribution in [0, 0.1) is 0 Å². The molecule has 0 aromatic heterocycles. The molecule has 0 N–H and O–H groups in total. The molecule has 0 fully saturated rings. The van der Waals surface area contributed by atoms with Crippen molar-refractivity contribution < 1.29 is 9.47 Å². The average Bonchev–Trinajstić information content (AvgIpc) is 2.98. The standard InChI is InChI=1S/C16H19B2NO2/c1-3-5-6-7-13(4-2)11-19(18-17)14-8-9-15-16(10-14)21-12-20-15/h3-10,18H,1-2,11-12,17H2/b6-5-,13-7+. The molecule has 0 aliphatic carbocycles. The first-order chi connectivity index (χ1) is 10.3. The van der Waals surface area contributed by atoms with Gasteiger partial charge >= 0.3 is 0 Å². The van der Waals surface area contributed by atoms with Crippen LogP contribution in [0.25, 0.3) is 0 Å². The zero-order chi connectivity index (χ0) is 15.1. The van der Waals surface area contributed by atoms with Crippen LogP contribution in [0.5, 0.6) is 11.5 Å². The van der Waals surface area contributed by atoms with Gasteiger partial charge in [0.1, 0.15) is 0 Å². The van der Waals surface area contributed by atoms with Gasteiger partial charge in [-0.1, -0.05) is 43.5 Å². The third kappa shape index (κ3) is 3.85. The molecule has 0 atom stereocenters. The molecular weight excluding hydrogens is 260 g/mol. The van der Waals surface area contributed by atoms with E-state index < -0.39 is 0 Å². The van der Waals surface area contributed by atoms with Crippen molar-refractivity contribution in [2.75, 3.05) is 18.1 Å². The lowest BCUT2D eigenvalue weighted by Crippen LogP contribution is -2.29. The van der Waals surface area contributed by atoms with Crippen LogP contribution < -0.4 is 14.3 Å². The van der Waals surface area contributed by atoms with Gasteiger partial charge in [0.15, 0.2) is 18.8 Å². The number of nitrogens with zero attached hydrogens (tertiary/aromatic N) is 1. The smallest absolute Gasteiger partial charge is 0.231 e. The summed E-state index contributed by atoms with van der Waals surface area (Å²) in [6.07, 6.45) is 9.55.